The summed E-state index contributed by atoms with van der Waals surface area (Å²) in [5.74, 6) is 0. The van der Waals surface area contributed by atoms with Crippen LogP contribution >= 0.6 is 0 Å². The van der Waals surface area contributed by atoms with Crippen molar-refractivity contribution in [3.63, 3.8) is 0 Å². The summed E-state index contributed by atoms with van der Waals surface area (Å²) in [7, 11) is 0. The van der Waals surface area contributed by atoms with Crippen molar-refractivity contribution in [3.05, 3.63) is 0 Å². The molecule has 0 aromatic heterocycles. The van der Waals surface area contributed by atoms with E-state index >= 15 is 0 Å². The molecule has 2 heteroatoms. The second-order valence-corrected chi connectivity index (χ2v) is 2.01. The summed E-state index contributed by atoms with van der Waals surface area (Å²) >= 11 is 0. The number of rotatable bonds is 3. The first-order valence-corrected chi connectivity index (χ1v) is 3.10. The molecule has 46 valence electrons. The second-order valence-electron chi connectivity index (χ2n) is 2.01. The van der Waals surface area contributed by atoms with Crippen LogP contribution in [0.25, 0.3) is 0 Å². The molecule has 1 rings (SSSR count). The Balaban J connectivity index is 1.88. The number of hydrogen-bond donors (Lipinski definition) is 0. The molecule has 0 aromatic carbocycles. The van der Waals surface area contributed by atoms with Crippen LogP contribution in [-0.4, -0.2) is 37.3 Å². The van der Waals surface area contributed by atoms with Crippen molar-refractivity contribution in [3.8, 4) is 0 Å². The zero-order valence-electron chi connectivity index (χ0n) is 5.30. The lowest BCUT2D eigenvalue weighted by Gasteiger charge is -1.91. The SMILES string of the molecule is CC=NCCN1CC1. The smallest absolute Gasteiger partial charge is 0.0512 e. The van der Waals surface area contributed by atoms with Crippen molar-refractivity contribution in [1.82, 2.24) is 4.90 Å². The van der Waals surface area contributed by atoms with Crippen LogP contribution in [0.15, 0.2) is 4.99 Å². The van der Waals surface area contributed by atoms with E-state index in [1.807, 2.05) is 13.1 Å². The molecule has 1 heterocycles. The predicted molar refractivity (Wildman–Crippen MR) is 35.5 cm³/mol. The second kappa shape index (κ2) is 2.82. The molecular formula is C6H12N2. The van der Waals surface area contributed by atoms with Gasteiger partial charge in [0.05, 0.1) is 6.54 Å². The monoisotopic (exact) mass is 112 g/mol. The molecule has 0 N–H and O–H groups in total. The van der Waals surface area contributed by atoms with Gasteiger partial charge < -0.3 is 0 Å². The fourth-order valence-corrected chi connectivity index (χ4v) is 0.623. The molecule has 0 saturated carbocycles. The quantitative estimate of drug-likeness (QED) is 0.381. The number of nitrogens with zero attached hydrogens (tertiary/aromatic N) is 2. The van der Waals surface area contributed by atoms with E-state index in [9.17, 15) is 0 Å². The van der Waals surface area contributed by atoms with Crippen LogP contribution in [-0.2, 0) is 0 Å². The van der Waals surface area contributed by atoms with Crippen LogP contribution in [0.4, 0.5) is 0 Å². The number of aliphatic imine (C=N–C) groups is 1. The first-order valence-electron chi connectivity index (χ1n) is 3.10. The van der Waals surface area contributed by atoms with Crippen molar-refractivity contribution in [2.45, 2.75) is 6.92 Å². The number of hydrogen-bond acceptors (Lipinski definition) is 2. The Kier molecular flexibility index (Phi) is 2.03. The van der Waals surface area contributed by atoms with Gasteiger partial charge in [0.15, 0.2) is 0 Å². The Morgan fingerprint density at radius 2 is 2.38 bits per heavy atom. The highest BCUT2D eigenvalue weighted by molar-refractivity contribution is 5.53. The van der Waals surface area contributed by atoms with Crippen molar-refractivity contribution >= 4 is 6.21 Å². The highest BCUT2D eigenvalue weighted by Crippen LogP contribution is 2.00. The van der Waals surface area contributed by atoms with E-state index in [0.29, 0.717) is 0 Å². The minimum atomic E-state index is 0.983. The van der Waals surface area contributed by atoms with Crippen molar-refractivity contribution in [2.24, 2.45) is 4.99 Å². The average Bonchev–Trinajstić information content (AvgIpc) is 2.51. The Bertz CT molecular complexity index is 84.5. The summed E-state index contributed by atoms with van der Waals surface area (Å²) in [6, 6.07) is 0. The lowest BCUT2D eigenvalue weighted by molar-refractivity contribution is 0.570. The van der Waals surface area contributed by atoms with Gasteiger partial charge in [-0.2, -0.15) is 0 Å². The van der Waals surface area contributed by atoms with Crippen molar-refractivity contribution in [2.75, 3.05) is 26.2 Å². The molecule has 0 amide bonds. The Labute approximate surface area is 50.2 Å². The van der Waals surface area contributed by atoms with Crippen LogP contribution in [0.2, 0.25) is 0 Å². The van der Waals surface area contributed by atoms with Crippen LogP contribution in [0.1, 0.15) is 6.92 Å². The maximum absolute atomic E-state index is 4.09. The van der Waals surface area contributed by atoms with Gasteiger partial charge in [0.25, 0.3) is 0 Å². The summed E-state index contributed by atoms with van der Waals surface area (Å²) in [5, 5.41) is 0. The molecule has 1 fully saturated rings. The molecule has 2 nitrogen and oxygen atoms in total. The first kappa shape index (κ1) is 5.76. The van der Waals surface area contributed by atoms with E-state index in [0.717, 1.165) is 13.1 Å². The zero-order chi connectivity index (χ0) is 5.82. The molecular weight excluding hydrogens is 100 g/mol. The van der Waals surface area contributed by atoms with Crippen LogP contribution in [0, 0.1) is 0 Å². The molecule has 1 aliphatic rings. The maximum atomic E-state index is 4.09. The van der Waals surface area contributed by atoms with E-state index in [4.69, 9.17) is 0 Å². The van der Waals surface area contributed by atoms with E-state index in [-0.39, 0.29) is 0 Å². The normalized spacial score (nSPS) is 20.1. The summed E-state index contributed by atoms with van der Waals surface area (Å²) in [6.45, 7) is 6.68. The Morgan fingerprint density at radius 1 is 1.62 bits per heavy atom. The standard InChI is InChI=1S/C6H12N2/c1-2-7-3-4-8-5-6-8/h2H,3-6H2,1H3. The third-order valence-electron chi connectivity index (χ3n) is 1.27. The van der Waals surface area contributed by atoms with Crippen LogP contribution in [0.3, 0.4) is 0 Å². The van der Waals surface area contributed by atoms with Crippen molar-refractivity contribution in [1.29, 1.82) is 0 Å². The van der Waals surface area contributed by atoms with Gasteiger partial charge in [-0.05, 0) is 13.1 Å². The van der Waals surface area contributed by atoms with Gasteiger partial charge in [-0.1, -0.05) is 0 Å². The van der Waals surface area contributed by atoms with Gasteiger partial charge in [0, 0.05) is 19.6 Å². The van der Waals surface area contributed by atoms with Crippen molar-refractivity contribution < 1.29 is 0 Å². The molecule has 0 aromatic rings. The van der Waals surface area contributed by atoms with Gasteiger partial charge in [-0.15, -0.1) is 0 Å². The molecule has 1 aliphatic heterocycles. The first-order chi connectivity index (χ1) is 3.93. The van der Waals surface area contributed by atoms with Crippen LogP contribution < -0.4 is 0 Å². The molecule has 0 unspecified atom stereocenters. The summed E-state index contributed by atoms with van der Waals surface area (Å²) in [4.78, 5) is 6.45. The zero-order valence-corrected chi connectivity index (χ0v) is 5.30. The molecule has 8 heavy (non-hydrogen) atoms. The summed E-state index contributed by atoms with van der Waals surface area (Å²) in [6.07, 6.45) is 1.86. The molecule has 1 saturated heterocycles. The third kappa shape index (κ3) is 2.07. The van der Waals surface area contributed by atoms with Gasteiger partial charge in [-0.3, -0.25) is 9.89 Å². The fraction of sp³-hybridized carbons (Fsp3) is 0.833. The van der Waals surface area contributed by atoms with Gasteiger partial charge in [0.1, 0.15) is 0 Å². The predicted octanol–water partition coefficient (Wildman–Crippen LogP) is 0.393. The Hall–Kier alpha value is -0.370. The average molecular weight is 112 g/mol. The summed E-state index contributed by atoms with van der Waals surface area (Å²) in [5.41, 5.74) is 0. The molecule has 0 radical (unpaired) electrons. The lowest BCUT2D eigenvalue weighted by Crippen LogP contribution is -2.01. The third-order valence-corrected chi connectivity index (χ3v) is 1.27. The Morgan fingerprint density at radius 3 is 2.88 bits per heavy atom. The minimum absolute atomic E-state index is 0.983. The lowest BCUT2D eigenvalue weighted by atomic mass is 10.6. The molecule has 0 atom stereocenters. The fourth-order valence-electron chi connectivity index (χ4n) is 0.623. The highest BCUT2D eigenvalue weighted by atomic mass is 15.3. The highest BCUT2D eigenvalue weighted by Gasteiger charge is 2.14. The van der Waals surface area contributed by atoms with E-state index < -0.39 is 0 Å². The van der Waals surface area contributed by atoms with Gasteiger partial charge in [0.2, 0.25) is 0 Å². The topological polar surface area (TPSA) is 15.4 Å². The van der Waals surface area contributed by atoms with Crippen LogP contribution in [0.5, 0.6) is 0 Å². The van der Waals surface area contributed by atoms with E-state index in [2.05, 4.69) is 9.89 Å². The molecule has 0 aliphatic carbocycles. The van der Waals surface area contributed by atoms with Gasteiger partial charge >= 0.3 is 0 Å². The van der Waals surface area contributed by atoms with E-state index in [1.165, 1.54) is 13.1 Å². The minimum Gasteiger partial charge on any atom is -0.299 e. The molecule has 0 spiro atoms. The maximum Gasteiger partial charge on any atom is 0.0512 e. The molecule has 0 bridgehead atoms. The summed E-state index contributed by atoms with van der Waals surface area (Å²) < 4.78 is 0. The van der Waals surface area contributed by atoms with Gasteiger partial charge in [-0.25, -0.2) is 0 Å². The largest absolute Gasteiger partial charge is 0.299 e. The van der Waals surface area contributed by atoms with E-state index in [1.54, 1.807) is 0 Å².